The Labute approximate surface area is 104 Å². The van der Waals surface area contributed by atoms with Crippen LogP contribution < -0.4 is 4.90 Å². The Hall–Kier alpha value is 0.0700. The predicted molar refractivity (Wildman–Crippen MR) is 72.6 cm³/mol. The van der Waals surface area contributed by atoms with Crippen LogP contribution in [0, 0.1) is 6.07 Å². The molecule has 0 N–H and O–H groups in total. The van der Waals surface area contributed by atoms with Crippen LogP contribution in [0.5, 0.6) is 0 Å². The van der Waals surface area contributed by atoms with E-state index in [0.29, 0.717) is 5.37 Å². The minimum Gasteiger partial charge on any atom is -0.361 e. The Balaban J connectivity index is 2.48. The molecule has 1 atom stereocenters. The van der Waals surface area contributed by atoms with Crippen molar-refractivity contribution in [3.05, 3.63) is 12.1 Å². The average molecular weight is 256 g/mol. The maximum absolute atomic E-state index is 3.52. The lowest BCUT2D eigenvalue weighted by atomic mass is 10.3. The van der Waals surface area contributed by atoms with Crippen molar-refractivity contribution in [3.8, 4) is 0 Å². The molecule has 0 fully saturated rings. The van der Waals surface area contributed by atoms with Crippen LogP contribution in [0.3, 0.4) is 0 Å². The average Bonchev–Trinajstić information content (AvgIpc) is 2.53. The molecular weight excluding hydrogens is 242 g/mol. The second kappa shape index (κ2) is 4.52. The van der Waals surface area contributed by atoms with Crippen LogP contribution in [0.2, 0.25) is 0 Å². The quantitative estimate of drug-likeness (QED) is 0.740. The van der Waals surface area contributed by atoms with Gasteiger partial charge < -0.3 is 4.90 Å². The van der Waals surface area contributed by atoms with Gasteiger partial charge in [-0.2, -0.15) is 0 Å². The van der Waals surface area contributed by atoms with Crippen molar-refractivity contribution >= 4 is 41.0 Å². The molecule has 1 aromatic carbocycles. The second-order valence-corrected chi connectivity index (χ2v) is 6.43. The fourth-order valence-electron chi connectivity index (χ4n) is 1.58. The van der Waals surface area contributed by atoms with Gasteiger partial charge in [-0.15, -0.1) is 23.5 Å². The highest BCUT2D eigenvalue weighted by Crippen LogP contribution is 2.46. The number of hydrogen-bond donors (Lipinski definition) is 0. The maximum Gasteiger partial charge on any atom is 0.0766 e. The molecule has 0 bridgehead atoms. The lowest BCUT2D eigenvalue weighted by Crippen LogP contribution is -2.20. The first kappa shape index (κ1) is 11.6. The van der Waals surface area contributed by atoms with Crippen LogP contribution in [0.25, 0.3) is 0 Å². The highest BCUT2D eigenvalue weighted by atomic mass is 32.2. The zero-order chi connectivity index (χ0) is 11.0. The van der Waals surface area contributed by atoms with Gasteiger partial charge in [0.05, 0.1) is 11.1 Å². The summed E-state index contributed by atoms with van der Waals surface area (Å²) in [6, 6.07) is 5.82. The molecule has 1 aliphatic rings. The van der Waals surface area contributed by atoms with Crippen LogP contribution in [0.1, 0.15) is 6.92 Å². The molecule has 0 saturated heterocycles. The normalized spacial score (nSPS) is 19.5. The van der Waals surface area contributed by atoms with E-state index in [0.717, 1.165) is 0 Å². The van der Waals surface area contributed by atoms with Crippen LogP contribution in [-0.4, -0.2) is 24.9 Å². The molecule has 0 aliphatic carbocycles. The number of hydrogen-bond acceptors (Lipinski definition) is 4. The van der Waals surface area contributed by atoms with E-state index in [1.54, 1.807) is 23.5 Å². The number of rotatable bonds is 2. The topological polar surface area (TPSA) is 3.24 Å². The van der Waals surface area contributed by atoms with Gasteiger partial charge in [-0.05, 0) is 25.5 Å². The molecule has 1 radical (unpaired) electrons. The summed E-state index contributed by atoms with van der Waals surface area (Å²) >= 11 is 5.50. The molecule has 1 unspecified atom stereocenters. The third-order valence-corrected chi connectivity index (χ3v) is 5.41. The van der Waals surface area contributed by atoms with Crippen molar-refractivity contribution < 1.29 is 0 Å². The smallest absolute Gasteiger partial charge is 0.0766 e. The third-order valence-electron chi connectivity index (χ3n) is 2.57. The van der Waals surface area contributed by atoms with E-state index in [1.165, 1.54) is 20.4 Å². The summed E-state index contributed by atoms with van der Waals surface area (Å²) in [5, 5.41) is 0.531. The number of anilines is 1. The van der Waals surface area contributed by atoms with E-state index in [-0.39, 0.29) is 0 Å². The zero-order valence-corrected chi connectivity index (χ0v) is 11.8. The maximum atomic E-state index is 3.52. The first-order valence-electron chi connectivity index (χ1n) is 4.75. The fourth-order valence-corrected chi connectivity index (χ4v) is 4.21. The summed E-state index contributed by atoms with van der Waals surface area (Å²) in [5.74, 6) is 0. The molecule has 1 heterocycles. The van der Waals surface area contributed by atoms with E-state index < -0.39 is 0 Å². The van der Waals surface area contributed by atoms with Gasteiger partial charge in [0.25, 0.3) is 0 Å². The number of thioether (sulfide) groups is 3. The summed E-state index contributed by atoms with van der Waals surface area (Å²) in [6.45, 7) is 2.23. The Morgan fingerprint density at radius 1 is 1.40 bits per heavy atom. The number of benzene rings is 1. The lowest BCUT2D eigenvalue weighted by Gasteiger charge is -2.17. The van der Waals surface area contributed by atoms with Gasteiger partial charge in [0, 0.05) is 27.8 Å². The summed E-state index contributed by atoms with van der Waals surface area (Å²) in [4.78, 5) is 6.27. The summed E-state index contributed by atoms with van der Waals surface area (Å²) in [7, 11) is 2.14. The van der Waals surface area contributed by atoms with Gasteiger partial charge in [0.2, 0.25) is 0 Å². The summed E-state index contributed by atoms with van der Waals surface area (Å²) in [6.07, 6.45) is 4.24. The van der Waals surface area contributed by atoms with Gasteiger partial charge in [-0.1, -0.05) is 11.8 Å². The molecule has 0 spiro atoms. The minimum atomic E-state index is 0.531. The lowest BCUT2D eigenvalue weighted by molar-refractivity contribution is 0.917. The van der Waals surface area contributed by atoms with E-state index in [2.05, 4.69) is 43.5 Å². The van der Waals surface area contributed by atoms with Crippen LogP contribution >= 0.6 is 35.3 Å². The van der Waals surface area contributed by atoms with Crippen LogP contribution in [0.4, 0.5) is 5.69 Å². The van der Waals surface area contributed by atoms with Crippen molar-refractivity contribution in [2.75, 3.05) is 24.5 Å². The van der Waals surface area contributed by atoms with Crippen molar-refractivity contribution in [1.29, 1.82) is 0 Å². The largest absolute Gasteiger partial charge is 0.361 e. The second-order valence-electron chi connectivity index (χ2n) is 3.41. The monoisotopic (exact) mass is 256 g/mol. The van der Waals surface area contributed by atoms with Crippen molar-refractivity contribution in [3.63, 3.8) is 0 Å². The van der Waals surface area contributed by atoms with Gasteiger partial charge >= 0.3 is 0 Å². The minimum absolute atomic E-state index is 0.531. The van der Waals surface area contributed by atoms with E-state index in [1.807, 2.05) is 11.8 Å². The Morgan fingerprint density at radius 2 is 2.13 bits per heavy atom. The zero-order valence-electron chi connectivity index (χ0n) is 9.33. The molecule has 0 aromatic heterocycles. The summed E-state index contributed by atoms with van der Waals surface area (Å²) < 4.78 is 0. The predicted octanol–water partition coefficient (Wildman–Crippen LogP) is 3.82. The molecule has 81 valence electrons. The molecule has 4 heteroatoms. The highest BCUT2D eigenvalue weighted by Gasteiger charge is 2.25. The van der Waals surface area contributed by atoms with Crippen LogP contribution in [0.15, 0.2) is 20.8 Å². The molecule has 1 nitrogen and oxygen atoms in total. The number of nitrogens with zero attached hydrogens (tertiary/aromatic N) is 1. The van der Waals surface area contributed by atoms with Crippen molar-refractivity contribution in [2.24, 2.45) is 0 Å². The van der Waals surface area contributed by atoms with Crippen molar-refractivity contribution in [1.82, 2.24) is 0 Å². The van der Waals surface area contributed by atoms with Crippen molar-refractivity contribution in [2.45, 2.75) is 27.0 Å². The molecule has 0 saturated carbocycles. The highest BCUT2D eigenvalue weighted by molar-refractivity contribution is 8.02. The SMILES string of the molecule is CSc1[c]c2c(cc1SC)SC(C)N2C. The van der Waals surface area contributed by atoms with Gasteiger partial charge in [0.1, 0.15) is 0 Å². The molecule has 1 aromatic rings. The Kier molecular flexibility index (Phi) is 3.48. The Bertz CT molecular complexity index is 378. The van der Waals surface area contributed by atoms with Gasteiger partial charge in [0.15, 0.2) is 0 Å². The first-order chi connectivity index (χ1) is 7.17. The Morgan fingerprint density at radius 3 is 2.73 bits per heavy atom. The summed E-state index contributed by atoms with van der Waals surface area (Å²) in [5.41, 5.74) is 1.26. The molecule has 0 amide bonds. The molecular formula is C11H14NS3. The van der Waals surface area contributed by atoms with E-state index in [4.69, 9.17) is 0 Å². The molecule has 1 aliphatic heterocycles. The van der Waals surface area contributed by atoms with E-state index in [9.17, 15) is 0 Å². The number of fused-ring (bicyclic) bond motifs is 1. The van der Waals surface area contributed by atoms with Gasteiger partial charge in [-0.3, -0.25) is 0 Å². The molecule has 2 rings (SSSR count). The van der Waals surface area contributed by atoms with Gasteiger partial charge in [-0.25, -0.2) is 0 Å². The third kappa shape index (κ3) is 1.99. The van der Waals surface area contributed by atoms with E-state index >= 15 is 0 Å². The standard InChI is InChI=1S/C11H14NS3/c1-7-12(2)8-5-10(13-3)11(14-4)6-9(8)15-7/h6-7H,1-4H3. The van der Waals surface area contributed by atoms with Crippen LogP contribution in [-0.2, 0) is 0 Å². The first-order valence-corrected chi connectivity index (χ1v) is 8.08. The molecule has 15 heavy (non-hydrogen) atoms. The fraction of sp³-hybridized carbons (Fsp3) is 0.455.